The highest BCUT2D eigenvalue weighted by Gasteiger charge is 2.40. The van der Waals surface area contributed by atoms with E-state index in [0.29, 0.717) is 17.7 Å². The van der Waals surface area contributed by atoms with Crippen molar-refractivity contribution in [2.75, 3.05) is 6.54 Å². The minimum absolute atomic E-state index is 0.0112. The average molecular weight is 452 g/mol. The lowest BCUT2D eigenvalue weighted by Gasteiger charge is -2.31. The molecule has 4 aromatic heterocycles. The number of nitrogens with one attached hydrogen (secondary N) is 1. The number of aryl methyl sites for hydroxylation is 1. The minimum atomic E-state index is -0.906. The Kier molecular flexibility index (Phi) is 4.12. The molecule has 166 valence electrons. The molecule has 0 saturated carbocycles. The van der Waals surface area contributed by atoms with Crippen LogP contribution in [0.3, 0.4) is 0 Å². The maximum atomic E-state index is 14.2. The first kappa shape index (κ1) is 19.3. The number of hydrogen-bond donors (Lipinski definition) is 1. The normalized spacial score (nSPS) is 15.8. The van der Waals surface area contributed by atoms with Gasteiger partial charge in [0.15, 0.2) is 17.4 Å². The first-order valence-electron chi connectivity index (χ1n) is 9.89. The lowest BCUT2D eigenvalue weighted by Crippen LogP contribution is -2.41. The number of aromatic amines is 1. The van der Waals surface area contributed by atoms with Gasteiger partial charge in [-0.1, -0.05) is 0 Å². The third-order valence-corrected chi connectivity index (χ3v) is 5.41. The zero-order chi connectivity index (χ0) is 22.7. The molecular weight excluding hydrogens is 438 g/mol. The summed E-state index contributed by atoms with van der Waals surface area (Å²) in [5.41, 5.74) is 1.60. The van der Waals surface area contributed by atoms with Gasteiger partial charge in [-0.3, -0.25) is 9.48 Å². The summed E-state index contributed by atoms with van der Waals surface area (Å²) in [6.45, 7) is 0.249. The number of aromatic nitrogens is 7. The smallest absolute Gasteiger partial charge is 0.312 e. The number of amides is 1. The molecule has 11 nitrogen and oxygen atoms in total. The van der Waals surface area contributed by atoms with Crippen molar-refractivity contribution < 1.29 is 22.4 Å². The number of hydrogen-bond acceptors (Lipinski definition) is 8. The number of fused-ring (bicyclic) bond motifs is 2. The zero-order valence-electron chi connectivity index (χ0n) is 17.0. The third kappa shape index (κ3) is 3.08. The first-order chi connectivity index (χ1) is 16.0. The van der Waals surface area contributed by atoms with Gasteiger partial charge >= 0.3 is 11.8 Å². The number of H-pyrrole nitrogens is 1. The zero-order valence-corrected chi connectivity index (χ0v) is 17.0. The highest BCUT2D eigenvalue weighted by atomic mass is 19.1. The van der Waals surface area contributed by atoms with Gasteiger partial charge < -0.3 is 18.7 Å². The van der Waals surface area contributed by atoms with E-state index < -0.39 is 23.6 Å². The predicted molar refractivity (Wildman–Crippen MR) is 106 cm³/mol. The van der Waals surface area contributed by atoms with Crippen molar-refractivity contribution in [3.63, 3.8) is 0 Å². The molecule has 0 spiro atoms. The number of halogens is 2. The van der Waals surface area contributed by atoms with Crippen LogP contribution in [0.2, 0.25) is 0 Å². The molecule has 5 aromatic rings. The Balaban J connectivity index is 1.42. The average Bonchev–Trinajstić information content (AvgIpc) is 3.57. The summed E-state index contributed by atoms with van der Waals surface area (Å²) in [4.78, 5) is 26.3. The van der Waals surface area contributed by atoms with E-state index in [4.69, 9.17) is 8.83 Å². The van der Waals surface area contributed by atoms with Gasteiger partial charge in [-0.05, 0) is 0 Å². The number of carbonyl (C=O) groups excluding carboxylic acids is 1. The molecule has 13 heteroatoms. The molecule has 1 atom stereocenters. The molecule has 0 bridgehead atoms. The third-order valence-electron chi connectivity index (χ3n) is 5.41. The molecule has 1 aliphatic rings. The molecule has 5 heterocycles. The molecule has 0 fully saturated rings. The molecule has 0 radical (unpaired) electrons. The van der Waals surface area contributed by atoms with Crippen LogP contribution in [0.15, 0.2) is 39.7 Å². The van der Waals surface area contributed by atoms with Crippen LogP contribution >= 0.6 is 0 Å². The predicted octanol–water partition coefficient (Wildman–Crippen LogP) is 2.40. The van der Waals surface area contributed by atoms with Crippen LogP contribution in [0.1, 0.15) is 34.0 Å². The summed E-state index contributed by atoms with van der Waals surface area (Å²) in [5.74, 6) is -2.36. The van der Waals surface area contributed by atoms with Gasteiger partial charge in [-0.25, -0.2) is 18.7 Å². The molecule has 1 aromatic carbocycles. The molecule has 1 N–H and O–H groups in total. The largest absolute Gasteiger partial charge is 0.438 e. The fourth-order valence-electron chi connectivity index (χ4n) is 3.92. The van der Waals surface area contributed by atoms with E-state index in [9.17, 15) is 13.6 Å². The van der Waals surface area contributed by atoms with Crippen LogP contribution < -0.4 is 0 Å². The SMILES string of the molecule is Cn1cc(-c2nnc(C(=O)N3CCc4[nH]cnc4[C@H]3c3nc4c(F)cc(F)cc4o3)o2)cn1. The Hall–Kier alpha value is -4.42. The van der Waals surface area contributed by atoms with Gasteiger partial charge in [0.1, 0.15) is 11.3 Å². The number of imidazole rings is 1. The van der Waals surface area contributed by atoms with E-state index in [-0.39, 0.29) is 35.3 Å². The van der Waals surface area contributed by atoms with E-state index in [1.807, 2.05) is 0 Å². The van der Waals surface area contributed by atoms with Gasteiger partial charge in [-0.15, -0.1) is 10.2 Å². The Morgan fingerprint density at radius 3 is 2.94 bits per heavy atom. The van der Waals surface area contributed by atoms with E-state index in [1.165, 1.54) is 17.4 Å². The number of oxazole rings is 1. The monoisotopic (exact) mass is 452 g/mol. The van der Waals surface area contributed by atoms with Crippen molar-refractivity contribution in [3.05, 3.63) is 65.7 Å². The van der Waals surface area contributed by atoms with Crippen molar-refractivity contribution >= 4 is 17.0 Å². The van der Waals surface area contributed by atoms with Crippen molar-refractivity contribution in [2.45, 2.75) is 12.5 Å². The molecule has 33 heavy (non-hydrogen) atoms. The van der Waals surface area contributed by atoms with Gasteiger partial charge in [0.05, 0.1) is 23.8 Å². The van der Waals surface area contributed by atoms with Crippen molar-refractivity contribution in [1.82, 2.24) is 39.8 Å². The Morgan fingerprint density at radius 1 is 1.24 bits per heavy atom. The van der Waals surface area contributed by atoms with Gasteiger partial charge in [0.2, 0.25) is 5.89 Å². The second-order valence-electron chi connectivity index (χ2n) is 7.52. The molecule has 1 aliphatic heterocycles. The molecule has 0 saturated heterocycles. The summed E-state index contributed by atoms with van der Waals surface area (Å²) in [5, 5.41) is 11.9. The van der Waals surface area contributed by atoms with E-state index in [2.05, 4.69) is 30.2 Å². The number of rotatable bonds is 3. The maximum absolute atomic E-state index is 14.2. The lowest BCUT2D eigenvalue weighted by atomic mass is 10.0. The number of nitrogens with zero attached hydrogens (tertiary/aromatic N) is 7. The summed E-state index contributed by atoms with van der Waals surface area (Å²) in [7, 11) is 1.74. The summed E-state index contributed by atoms with van der Waals surface area (Å²) >= 11 is 0. The summed E-state index contributed by atoms with van der Waals surface area (Å²) in [6, 6.07) is 0.848. The van der Waals surface area contributed by atoms with E-state index in [1.54, 1.807) is 17.9 Å². The quantitative estimate of drug-likeness (QED) is 0.441. The molecule has 1 amide bonds. The molecular formula is C20H14F2N8O3. The fraction of sp³-hybridized carbons (Fsp3) is 0.200. The van der Waals surface area contributed by atoms with Gasteiger partial charge in [0, 0.05) is 44.0 Å². The van der Waals surface area contributed by atoms with E-state index in [0.717, 1.165) is 17.8 Å². The van der Waals surface area contributed by atoms with Crippen LogP contribution in [0, 0.1) is 11.6 Å². The Morgan fingerprint density at radius 2 is 2.12 bits per heavy atom. The van der Waals surface area contributed by atoms with Crippen molar-refractivity contribution in [1.29, 1.82) is 0 Å². The van der Waals surface area contributed by atoms with Crippen LogP contribution in [-0.2, 0) is 13.5 Å². The maximum Gasteiger partial charge on any atom is 0.312 e. The van der Waals surface area contributed by atoms with Crippen LogP contribution in [0.25, 0.3) is 22.6 Å². The molecule has 0 aliphatic carbocycles. The topological polar surface area (TPSA) is 132 Å². The first-order valence-corrected chi connectivity index (χ1v) is 9.89. The minimum Gasteiger partial charge on any atom is -0.438 e. The fourth-order valence-corrected chi connectivity index (χ4v) is 3.92. The summed E-state index contributed by atoms with van der Waals surface area (Å²) < 4.78 is 40.7. The van der Waals surface area contributed by atoms with Crippen molar-refractivity contribution in [2.24, 2.45) is 7.05 Å². The van der Waals surface area contributed by atoms with Crippen LogP contribution in [-0.4, -0.2) is 52.3 Å². The second kappa shape index (κ2) is 7.05. The molecule has 0 unspecified atom stereocenters. The highest BCUT2D eigenvalue weighted by Crippen LogP contribution is 2.36. The van der Waals surface area contributed by atoms with Gasteiger partial charge in [0.25, 0.3) is 5.89 Å². The van der Waals surface area contributed by atoms with Crippen LogP contribution in [0.5, 0.6) is 0 Å². The summed E-state index contributed by atoms with van der Waals surface area (Å²) in [6.07, 6.45) is 5.17. The second-order valence-corrected chi connectivity index (χ2v) is 7.52. The standard InChI is InChI=1S/C20H14F2N8O3/c1-29-7-9(6-25-29)17-27-28-19(33-17)20(31)30-3-2-12-15(24-8-23-12)16(30)18-26-14-11(22)4-10(21)5-13(14)32-18/h4-8,16H,2-3H2,1H3,(H,23,24)/t16-/m0/s1. The number of carbonyl (C=O) groups is 1. The van der Waals surface area contributed by atoms with E-state index >= 15 is 0 Å². The van der Waals surface area contributed by atoms with Crippen molar-refractivity contribution in [3.8, 4) is 11.5 Å². The Labute approximate surface area is 183 Å². The highest BCUT2D eigenvalue weighted by molar-refractivity contribution is 5.90. The lowest BCUT2D eigenvalue weighted by molar-refractivity contribution is 0.0627. The number of benzene rings is 1. The van der Waals surface area contributed by atoms with Crippen LogP contribution in [0.4, 0.5) is 8.78 Å². The molecule has 6 rings (SSSR count). The van der Waals surface area contributed by atoms with Gasteiger partial charge in [-0.2, -0.15) is 5.10 Å². The Bertz CT molecular complexity index is 1520.